The van der Waals surface area contributed by atoms with Gasteiger partial charge in [-0.25, -0.2) is 4.98 Å². The summed E-state index contributed by atoms with van der Waals surface area (Å²) >= 11 is 3.37. The highest BCUT2D eigenvalue weighted by molar-refractivity contribution is 9.10. The van der Waals surface area contributed by atoms with E-state index in [2.05, 4.69) is 31.5 Å². The molecule has 0 atom stereocenters. The van der Waals surface area contributed by atoms with Gasteiger partial charge in [-0.15, -0.1) is 0 Å². The number of hydrogen-bond donors (Lipinski definition) is 2. The zero-order valence-corrected chi connectivity index (χ0v) is 12.9. The van der Waals surface area contributed by atoms with E-state index in [-0.39, 0.29) is 11.6 Å². The van der Waals surface area contributed by atoms with Crippen LogP contribution in [0.5, 0.6) is 0 Å². The smallest absolute Gasteiger partial charge is 0.373 e. The van der Waals surface area contributed by atoms with Gasteiger partial charge in [-0.3, -0.25) is 0 Å². The highest BCUT2D eigenvalue weighted by atomic mass is 79.9. The Morgan fingerprint density at radius 3 is 2.33 bits per heavy atom. The van der Waals surface area contributed by atoms with Gasteiger partial charge in [0.2, 0.25) is 0 Å². The average Bonchev–Trinajstić information content (AvgIpc) is 2.41. The fraction of sp³-hybridized carbons (Fsp3) is 0.214. The Balaban J connectivity index is 2.36. The lowest BCUT2D eigenvalue weighted by Crippen LogP contribution is -2.08. The third kappa shape index (κ3) is 3.87. The quantitative estimate of drug-likeness (QED) is 0.813. The number of nitrogens with zero attached hydrogens (tertiary/aromatic N) is 1. The summed E-state index contributed by atoms with van der Waals surface area (Å²) < 4.78 is 39.5. The second-order valence-corrected chi connectivity index (χ2v) is 5.32. The zero-order chi connectivity index (χ0) is 15.6. The number of nitrogens with one attached hydrogen (secondary N) is 2. The standard InChI is InChI=1S/C14H13BrF3N3/c1-8-5-10(3-4-11(8)15)20-13-7-9(14(16,17)18)6-12(19-2)21-13/h3-7H,1-2H3,(H2,19,20,21). The van der Waals surface area contributed by atoms with Crippen molar-refractivity contribution >= 4 is 33.3 Å². The van der Waals surface area contributed by atoms with E-state index in [0.717, 1.165) is 22.2 Å². The lowest BCUT2D eigenvalue weighted by atomic mass is 10.2. The van der Waals surface area contributed by atoms with Gasteiger partial charge in [-0.2, -0.15) is 13.2 Å². The Morgan fingerprint density at radius 2 is 1.76 bits per heavy atom. The SMILES string of the molecule is CNc1cc(C(F)(F)F)cc(Nc2ccc(Br)c(C)c2)n1. The molecule has 1 aromatic carbocycles. The van der Waals surface area contributed by atoms with Crippen molar-refractivity contribution in [2.45, 2.75) is 13.1 Å². The Kier molecular flexibility index (Phi) is 4.41. The summed E-state index contributed by atoms with van der Waals surface area (Å²) in [5.74, 6) is 0.289. The highest BCUT2D eigenvalue weighted by Gasteiger charge is 2.31. The molecule has 112 valence electrons. The number of aryl methyl sites for hydroxylation is 1. The van der Waals surface area contributed by atoms with Gasteiger partial charge in [0.05, 0.1) is 5.56 Å². The van der Waals surface area contributed by atoms with Crippen molar-refractivity contribution in [3.8, 4) is 0 Å². The number of alkyl halides is 3. The fourth-order valence-corrected chi connectivity index (χ4v) is 2.00. The number of hydrogen-bond acceptors (Lipinski definition) is 3. The first-order valence-electron chi connectivity index (χ1n) is 6.10. The topological polar surface area (TPSA) is 37.0 Å². The van der Waals surface area contributed by atoms with Crippen molar-refractivity contribution in [1.82, 2.24) is 4.98 Å². The lowest BCUT2D eigenvalue weighted by molar-refractivity contribution is -0.137. The van der Waals surface area contributed by atoms with Gasteiger partial charge in [0.1, 0.15) is 11.6 Å². The van der Waals surface area contributed by atoms with Crippen LogP contribution < -0.4 is 10.6 Å². The summed E-state index contributed by atoms with van der Waals surface area (Å²) in [6.07, 6.45) is -4.42. The Bertz CT molecular complexity index is 656. The molecule has 21 heavy (non-hydrogen) atoms. The first-order valence-corrected chi connectivity index (χ1v) is 6.89. The number of benzene rings is 1. The molecule has 0 bridgehead atoms. The number of halogens is 4. The van der Waals surface area contributed by atoms with Crippen LogP contribution in [0.15, 0.2) is 34.8 Å². The maximum atomic E-state index is 12.9. The van der Waals surface area contributed by atoms with Crippen LogP contribution >= 0.6 is 15.9 Å². The summed E-state index contributed by atoms with van der Waals surface area (Å²) in [6, 6.07) is 7.36. The number of rotatable bonds is 3. The molecule has 2 aromatic rings. The minimum absolute atomic E-state index is 0.135. The molecule has 0 amide bonds. The summed E-state index contributed by atoms with van der Waals surface area (Å²) in [6.45, 7) is 1.90. The van der Waals surface area contributed by atoms with Gasteiger partial charge in [0.25, 0.3) is 0 Å². The predicted molar refractivity (Wildman–Crippen MR) is 80.9 cm³/mol. The molecule has 0 aliphatic heterocycles. The third-order valence-electron chi connectivity index (χ3n) is 2.84. The molecule has 2 N–H and O–H groups in total. The molecule has 1 aromatic heterocycles. The average molecular weight is 360 g/mol. The molecule has 0 aliphatic carbocycles. The Labute approximate surface area is 128 Å². The maximum absolute atomic E-state index is 12.9. The highest BCUT2D eigenvalue weighted by Crippen LogP contribution is 2.33. The lowest BCUT2D eigenvalue weighted by Gasteiger charge is -2.13. The van der Waals surface area contributed by atoms with E-state index in [0.29, 0.717) is 5.69 Å². The molecular formula is C14H13BrF3N3. The van der Waals surface area contributed by atoms with Crippen LogP contribution in [0.4, 0.5) is 30.5 Å². The van der Waals surface area contributed by atoms with Crippen molar-refractivity contribution < 1.29 is 13.2 Å². The molecule has 2 rings (SSSR count). The minimum atomic E-state index is -4.42. The normalized spacial score (nSPS) is 11.3. The number of aromatic nitrogens is 1. The molecular weight excluding hydrogens is 347 g/mol. The summed E-state index contributed by atoms with van der Waals surface area (Å²) in [7, 11) is 1.52. The van der Waals surface area contributed by atoms with Gasteiger partial charge in [-0.05, 0) is 42.8 Å². The van der Waals surface area contributed by atoms with Gasteiger partial charge >= 0.3 is 6.18 Å². The van der Waals surface area contributed by atoms with E-state index >= 15 is 0 Å². The summed E-state index contributed by atoms with van der Waals surface area (Å²) in [4.78, 5) is 4.08. The fourth-order valence-electron chi connectivity index (χ4n) is 1.76. The van der Waals surface area contributed by atoms with Crippen LogP contribution in [0.25, 0.3) is 0 Å². The largest absolute Gasteiger partial charge is 0.416 e. The van der Waals surface area contributed by atoms with E-state index in [9.17, 15) is 13.2 Å². The molecule has 1 heterocycles. The van der Waals surface area contributed by atoms with Crippen molar-refractivity contribution in [2.24, 2.45) is 0 Å². The Morgan fingerprint density at radius 1 is 1.10 bits per heavy atom. The van der Waals surface area contributed by atoms with Gasteiger partial charge < -0.3 is 10.6 Å². The minimum Gasteiger partial charge on any atom is -0.373 e. The van der Waals surface area contributed by atoms with Crippen molar-refractivity contribution in [2.75, 3.05) is 17.7 Å². The van der Waals surface area contributed by atoms with Crippen LogP contribution in [0, 0.1) is 6.92 Å². The van der Waals surface area contributed by atoms with E-state index in [1.165, 1.54) is 7.05 Å². The molecule has 0 unspecified atom stereocenters. The predicted octanol–water partition coefficient (Wildman–Crippen LogP) is 4.96. The van der Waals surface area contributed by atoms with Crippen molar-refractivity contribution in [3.63, 3.8) is 0 Å². The molecule has 0 saturated carbocycles. The summed E-state index contributed by atoms with van der Waals surface area (Å²) in [5, 5.41) is 5.51. The van der Waals surface area contributed by atoms with Gasteiger partial charge in [0, 0.05) is 17.2 Å². The Hall–Kier alpha value is -1.76. The monoisotopic (exact) mass is 359 g/mol. The first-order chi connectivity index (χ1) is 9.79. The van der Waals surface area contributed by atoms with Crippen LogP contribution in [0.2, 0.25) is 0 Å². The first kappa shape index (κ1) is 15.6. The van der Waals surface area contributed by atoms with E-state index in [4.69, 9.17) is 0 Å². The molecule has 0 fully saturated rings. The van der Waals surface area contributed by atoms with E-state index < -0.39 is 11.7 Å². The van der Waals surface area contributed by atoms with E-state index in [1.54, 1.807) is 6.07 Å². The zero-order valence-electron chi connectivity index (χ0n) is 11.3. The van der Waals surface area contributed by atoms with Crippen LogP contribution in [0.3, 0.4) is 0 Å². The second-order valence-electron chi connectivity index (χ2n) is 4.46. The van der Waals surface area contributed by atoms with Gasteiger partial charge in [0.15, 0.2) is 0 Å². The maximum Gasteiger partial charge on any atom is 0.416 e. The third-order valence-corrected chi connectivity index (χ3v) is 3.73. The number of anilines is 3. The molecule has 0 radical (unpaired) electrons. The second kappa shape index (κ2) is 5.93. The molecule has 3 nitrogen and oxygen atoms in total. The molecule has 7 heteroatoms. The van der Waals surface area contributed by atoms with E-state index in [1.807, 2.05) is 19.1 Å². The summed E-state index contributed by atoms with van der Waals surface area (Å²) in [5.41, 5.74) is 0.892. The molecule has 0 aliphatic rings. The molecule has 0 saturated heterocycles. The van der Waals surface area contributed by atoms with Crippen molar-refractivity contribution in [1.29, 1.82) is 0 Å². The molecule has 0 spiro atoms. The van der Waals surface area contributed by atoms with Crippen LogP contribution in [0.1, 0.15) is 11.1 Å². The van der Waals surface area contributed by atoms with Crippen LogP contribution in [-0.4, -0.2) is 12.0 Å². The van der Waals surface area contributed by atoms with Crippen LogP contribution in [-0.2, 0) is 6.18 Å². The number of pyridine rings is 1. The van der Waals surface area contributed by atoms with Gasteiger partial charge in [-0.1, -0.05) is 15.9 Å². The van der Waals surface area contributed by atoms with Crippen molar-refractivity contribution in [3.05, 3.63) is 45.9 Å².